The van der Waals surface area contributed by atoms with E-state index in [9.17, 15) is 0 Å². The van der Waals surface area contributed by atoms with Crippen LogP contribution in [0.1, 0.15) is 52.9 Å². The number of methoxy groups -OCH3 is 1. The van der Waals surface area contributed by atoms with Crippen LogP contribution in [0.4, 0.5) is 0 Å². The van der Waals surface area contributed by atoms with E-state index in [1.165, 1.54) is 32.2 Å². The molecule has 0 heterocycles. The molecule has 0 aromatic heterocycles. The first-order valence-corrected chi connectivity index (χ1v) is 6.11. The summed E-state index contributed by atoms with van der Waals surface area (Å²) in [4.78, 5) is 0. The van der Waals surface area contributed by atoms with Gasteiger partial charge in [0.1, 0.15) is 0 Å². The zero-order chi connectivity index (χ0) is 11.1. The SMILES string of the molecule is CC.CCCCCCNCCCOC. The molecule has 0 aliphatic carbocycles. The van der Waals surface area contributed by atoms with Crippen LogP contribution in [-0.4, -0.2) is 26.8 Å². The van der Waals surface area contributed by atoms with Gasteiger partial charge in [0, 0.05) is 13.7 Å². The van der Waals surface area contributed by atoms with E-state index in [2.05, 4.69) is 12.2 Å². The number of hydrogen-bond donors (Lipinski definition) is 1. The van der Waals surface area contributed by atoms with E-state index < -0.39 is 0 Å². The van der Waals surface area contributed by atoms with Gasteiger partial charge in [-0.15, -0.1) is 0 Å². The largest absolute Gasteiger partial charge is 0.385 e. The Labute approximate surface area is 90.4 Å². The van der Waals surface area contributed by atoms with E-state index in [0.29, 0.717) is 0 Å². The third kappa shape index (κ3) is 17.9. The summed E-state index contributed by atoms with van der Waals surface area (Å²) >= 11 is 0. The number of unbranched alkanes of at least 4 members (excludes halogenated alkanes) is 3. The van der Waals surface area contributed by atoms with Crippen LogP contribution in [0, 0.1) is 0 Å². The summed E-state index contributed by atoms with van der Waals surface area (Å²) in [5, 5.41) is 3.40. The van der Waals surface area contributed by atoms with E-state index in [1.54, 1.807) is 7.11 Å². The van der Waals surface area contributed by atoms with Crippen LogP contribution < -0.4 is 5.32 Å². The van der Waals surface area contributed by atoms with Crippen molar-refractivity contribution in [3.05, 3.63) is 0 Å². The molecule has 2 heteroatoms. The van der Waals surface area contributed by atoms with Crippen molar-refractivity contribution in [3.8, 4) is 0 Å². The van der Waals surface area contributed by atoms with Crippen LogP contribution in [0.5, 0.6) is 0 Å². The Kier molecular flexibility index (Phi) is 21.8. The Hall–Kier alpha value is -0.0800. The minimum Gasteiger partial charge on any atom is -0.385 e. The smallest absolute Gasteiger partial charge is 0.0474 e. The Balaban J connectivity index is 0. The lowest BCUT2D eigenvalue weighted by Crippen LogP contribution is -2.17. The summed E-state index contributed by atoms with van der Waals surface area (Å²) in [5.41, 5.74) is 0. The maximum absolute atomic E-state index is 4.95. The highest BCUT2D eigenvalue weighted by atomic mass is 16.5. The van der Waals surface area contributed by atoms with Crippen molar-refractivity contribution in [3.63, 3.8) is 0 Å². The predicted octanol–water partition coefficient (Wildman–Crippen LogP) is 3.22. The van der Waals surface area contributed by atoms with Crippen LogP contribution in [0.15, 0.2) is 0 Å². The van der Waals surface area contributed by atoms with Gasteiger partial charge in [-0.1, -0.05) is 40.0 Å². The average Bonchev–Trinajstić information content (AvgIpc) is 2.25. The molecule has 0 fully saturated rings. The second kappa shape index (κ2) is 18.7. The summed E-state index contributed by atoms with van der Waals surface area (Å²) in [7, 11) is 1.75. The zero-order valence-electron chi connectivity index (χ0n) is 10.6. The molecule has 14 heavy (non-hydrogen) atoms. The Morgan fingerprint density at radius 3 is 2.14 bits per heavy atom. The molecule has 88 valence electrons. The fourth-order valence-electron chi connectivity index (χ4n) is 1.14. The molecule has 1 N–H and O–H groups in total. The van der Waals surface area contributed by atoms with Crippen LogP contribution in [-0.2, 0) is 4.74 Å². The summed E-state index contributed by atoms with van der Waals surface area (Å²) < 4.78 is 4.95. The van der Waals surface area contributed by atoms with Gasteiger partial charge in [0.2, 0.25) is 0 Å². The normalized spacial score (nSPS) is 9.43. The first kappa shape index (κ1) is 16.4. The fraction of sp³-hybridized carbons (Fsp3) is 1.00. The maximum atomic E-state index is 4.95. The molecule has 0 aliphatic rings. The molecule has 0 saturated heterocycles. The molecule has 0 bridgehead atoms. The molecule has 2 nitrogen and oxygen atoms in total. The van der Waals surface area contributed by atoms with E-state index in [-0.39, 0.29) is 0 Å². The summed E-state index contributed by atoms with van der Waals surface area (Å²) in [6, 6.07) is 0. The second-order valence-electron chi connectivity index (χ2n) is 3.16. The first-order valence-electron chi connectivity index (χ1n) is 6.11. The Bertz CT molecular complexity index is 66.7. The highest BCUT2D eigenvalue weighted by molar-refractivity contribution is 4.48. The molecule has 0 amide bonds. The highest BCUT2D eigenvalue weighted by Gasteiger charge is 1.88. The molecule has 0 aromatic carbocycles. The van der Waals surface area contributed by atoms with Crippen molar-refractivity contribution < 1.29 is 4.74 Å². The molecule has 0 spiro atoms. The molecule has 0 radical (unpaired) electrons. The quantitative estimate of drug-likeness (QED) is 0.581. The van der Waals surface area contributed by atoms with Crippen LogP contribution >= 0.6 is 0 Å². The van der Waals surface area contributed by atoms with Gasteiger partial charge in [0.15, 0.2) is 0 Å². The molecule has 0 atom stereocenters. The van der Waals surface area contributed by atoms with Gasteiger partial charge in [-0.2, -0.15) is 0 Å². The fourth-order valence-corrected chi connectivity index (χ4v) is 1.14. The predicted molar refractivity (Wildman–Crippen MR) is 64.9 cm³/mol. The third-order valence-electron chi connectivity index (χ3n) is 1.91. The first-order chi connectivity index (χ1) is 6.91. The second-order valence-corrected chi connectivity index (χ2v) is 3.16. The van der Waals surface area contributed by atoms with Crippen molar-refractivity contribution in [1.82, 2.24) is 5.32 Å². The van der Waals surface area contributed by atoms with Crippen molar-refractivity contribution in [2.75, 3.05) is 26.8 Å². The molecular formula is C12H29NO. The minimum atomic E-state index is 0.877. The number of rotatable bonds is 9. The zero-order valence-corrected chi connectivity index (χ0v) is 10.6. The Morgan fingerprint density at radius 2 is 1.57 bits per heavy atom. The van der Waals surface area contributed by atoms with Crippen LogP contribution in [0.3, 0.4) is 0 Å². The molecule has 0 aliphatic heterocycles. The van der Waals surface area contributed by atoms with Crippen molar-refractivity contribution in [2.45, 2.75) is 52.9 Å². The molecule has 0 aromatic rings. The highest BCUT2D eigenvalue weighted by Crippen LogP contribution is 1.96. The van der Waals surface area contributed by atoms with Gasteiger partial charge in [-0.25, -0.2) is 0 Å². The lowest BCUT2D eigenvalue weighted by atomic mass is 10.2. The summed E-state index contributed by atoms with van der Waals surface area (Å²) in [6.45, 7) is 9.39. The topological polar surface area (TPSA) is 21.3 Å². The summed E-state index contributed by atoms with van der Waals surface area (Å²) in [6.07, 6.45) is 6.52. The third-order valence-corrected chi connectivity index (χ3v) is 1.91. The average molecular weight is 203 g/mol. The minimum absolute atomic E-state index is 0.877. The van der Waals surface area contributed by atoms with Crippen LogP contribution in [0.25, 0.3) is 0 Å². The monoisotopic (exact) mass is 203 g/mol. The molecule has 0 rings (SSSR count). The van der Waals surface area contributed by atoms with Crippen molar-refractivity contribution in [1.29, 1.82) is 0 Å². The van der Waals surface area contributed by atoms with Gasteiger partial charge >= 0.3 is 0 Å². The van der Waals surface area contributed by atoms with Crippen molar-refractivity contribution in [2.24, 2.45) is 0 Å². The summed E-state index contributed by atoms with van der Waals surface area (Å²) in [5.74, 6) is 0. The number of ether oxygens (including phenoxy) is 1. The van der Waals surface area contributed by atoms with Gasteiger partial charge in [0.05, 0.1) is 0 Å². The Morgan fingerprint density at radius 1 is 0.929 bits per heavy atom. The van der Waals surface area contributed by atoms with Crippen LogP contribution in [0.2, 0.25) is 0 Å². The number of hydrogen-bond acceptors (Lipinski definition) is 2. The lowest BCUT2D eigenvalue weighted by Gasteiger charge is -2.03. The van der Waals surface area contributed by atoms with E-state index in [4.69, 9.17) is 4.74 Å². The molecular weight excluding hydrogens is 174 g/mol. The molecule has 0 saturated carbocycles. The standard InChI is InChI=1S/C10H23NO.C2H6/c1-3-4-5-6-8-11-9-7-10-12-2;1-2/h11H,3-10H2,1-2H3;1-2H3. The van der Waals surface area contributed by atoms with Crippen molar-refractivity contribution >= 4 is 0 Å². The molecule has 0 unspecified atom stereocenters. The van der Waals surface area contributed by atoms with E-state index in [0.717, 1.165) is 19.6 Å². The van der Waals surface area contributed by atoms with Gasteiger partial charge < -0.3 is 10.1 Å². The van der Waals surface area contributed by atoms with Gasteiger partial charge in [-0.05, 0) is 25.9 Å². The lowest BCUT2D eigenvalue weighted by molar-refractivity contribution is 0.194. The van der Waals surface area contributed by atoms with Gasteiger partial charge in [0.25, 0.3) is 0 Å². The number of nitrogens with one attached hydrogen (secondary N) is 1. The maximum Gasteiger partial charge on any atom is 0.0474 e. The van der Waals surface area contributed by atoms with E-state index in [1.807, 2.05) is 13.8 Å². The van der Waals surface area contributed by atoms with E-state index >= 15 is 0 Å². The van der Waals surface area contributed by atoms with Gasteiger partial charge in [-0.3, -0.25) is 0 Å².